The summed E-state index contributed by atoms with van der Waals surface area (Å²) in [5, 5.41) is 0.452. The van der Waals surface area contributed by atoms with E-state index in [1.165, 1.54) is 12.8 Å². The fourth-order valence-electron chi connectivity index (χ4n) is 4.71. The first kappa shape index (κ1) is 12.7. The van der Waals surface area contributed by atoms with E-state index in [1.807, 2.05) is 0 Å². The third-order valence-electron chi connectivity index (χ3n) is 4.92. The Morgan fingerprint density at radius 1 is 0.812 bits per heavy atom. The fraction of sp³-hybridized carbons (Fsp3) is 1.00. The molecule has 1 heteroatoms. The summed E-state index contributed by atoms with van der Waals surface area (Å²) in [6, 6.07) is 0. The van der Waals surface area contributed by atoms with Gasteiger partial charge in [0.05, 0.1) is 0 Å². The first-order valence-electron chi connectivity index (χ1n) is 6.76. The highest BCUT2D eigenvalue weighted by atomic mass is 35.5. The summed E-state index contributed by atoms with van der Waals surface area (Å²) in [6.45, 7) is 14.5. The molecular formula is C15H27Cl. The molecule has 0 aromatic carbocycles. The minimum atomic E-state index is 0.408. The topological polar surface area (TPSA) is 0 Å². The van der Waals surface area contributed by atoms with E-state index in [0.717, 1.165) is 23.7 Å². The van der Waals surface area contributed by atoms with Crippen LogP contribution in [-0.4, -0.2) is 5.38 Å². The van der Waals surface area contributed by atoms with E-state index >= 15 is 0 Å². The molecule has 0 N–H and O–H groups in total. The van der Waals surface area contributed by atoms with E-state index in [1.54, 1.807) is 0 Å². The molecule has 16 heavy (non-hydrogen) atoms. The van der Waals surface area contributed by atoms with Crippen molar-refractivity contribution in [3.05, 3.63) is 0 Å². The molecule has 0 amide bonds. The van der Waals surface area contributed by atoms with Crippen LogP contribution < -0.4 is 0 Å². The predicted octanol–water partition coefficient (Wildman–Crippen LogP) is 4.96. The molecule has 2 fully saturated rings. The minimum absolute atomic E-state index is 0.408. The van der Waals surface area contributed by atoms with Crippen molar-refractivity contribution in [3.8, 4) is 0 Å². The van der Waals surface area contributed by atoms with Gasteiger partial charge < -0.3 is 0 Å². The Hall–Kier alpha value is 0.290. The first-order chi connectivity index (χ1) is 7.12. The van der Waals surface area contributed by atoms with Crippen molar-refractivity contribution in [1.82, 2.24) is 0 Å². The Kier molecular flexibility index (Phi) is 2.90. The van der Waals surface area contributed by atoms with Gasteiger partial charge in [0.2, 0.25) is 0 Å². The Bertz CT molecular complexity index is 268. The largest absolute Gasteiger partial charge is 0.123 e. The van der Waals surface area contributed by atoms with Gasteiger partial charge >= 0.3 is 0 Å². The van der Waals surface area contributed by atoms with E-state index in [-0.39, 0.29) is 0 Å². The molecule has 0 aliphatic heterocycles. The van der Waals surface area contributed by atoms with Crippen molar-refractivity contribution in [3.63, 3.8) is 0 Å². The Labute approximate surface area is 106 Å². The van der Waals surface area contributed by atoms with Crippen molar-refractivity contribution in [2.24, 2.45) is 34.5 Å². The normalized spacial score (nSPS) is 44.1. The molecule has 0 radical (unpaired) electrons. The van der Waals surface area contributed by atoms with Gasteiger partial charge in [0.1, 0.15) is 0 Å². The van der Waals surface area contributed by atoms with E-state index in [2.05, 4.69) is 41.5 Å². The maximum absolute atomic E-state index is 6.52. The van der Waals surface area contributed by atoms with Crippen molar-refractivity contribution >= 4 is 11.6 Å². The zero-order valence-corrected chi connectivity index (χ0v) is 12.4. The van der Waals surface area contributed by atoms with Crippen molar-refractivity contribution in [2.75, 3.05) is 0 Å². The minimum Gasteiger partial charge on any atom is -0.123 e. The quantitative estimate of drug-likeness (QED) is 0.527. The second-order valence-corrected chi connectivity index (χ2v) is 8.76. The van der Waals surface area contributed by atoms with Crippen molar-refractivity contribution in [1.29, 1.82) is 0 Å². The molecule has 5 atom stereocenters. The van der Waals surface area contributed by atoms with Gasteiger partial charge in [0, 0.05) is 5.38 Å². The van der Waals surface area contributed by atoms with Gasteiger partial charge in [-0.1, -0.05) is 41.5 Å². The van der Waals surface area contributed by atoms with Crippen LogP contribution >= 0.6 is 11.6 Å². The highest BCUT2D eigenvalue weighted by Crippen LogP contribution is 2.63. The summed E-state index contributed by atoms with van der Waals surface area (Å²) in [7, 11) is 0. The maximum atomic E-state index is 6.52. The molecule has 2 bridgehead atoms. The summed E-state index contributed by atoms with van der Waals surface area (Å²) < 4.78 is 0. The summed E-state index contributed by atoms with van der Waals surface area (Å²) in [4.78, 5) is 0. The van der Waals surface area contributed by atoms with Crippen molar-refractivity contribution in [2.45, 2.75) is 59.8 Å². The molecule has 94 valence electrons. The monoisotopic (exact) mass is 242 g/mol. The molecule has 5 unspecified atom stereocenters. The first-order valence-corrected chi connectivity index (χ1v) is 7.20. The summed E-state index contributed by atoms with van der Waals surface area (Å²) in [6.07, 6.45) is 2.65. The van der Waals surface area contributed by atoms with Crippen LogP contribution in [0.15, 0.2) is 0 Å². The van der Waals surface area contributed by atoms with Gasteiger partial charge in [-0.3, -0.25) is 0 Å². The lowest BCUT2D eigenvalue weighted by Gasteiger charge is -2.47. The second-order valence-electron chi connectivity index (χ2n) is 8.19. The third kappa shape index (κ3) is 1.92. The smallest absolute Gasteiger partial charge is 0.0370 e. The molecule has 2 rings (SSSR count). The van der Waals surface area contributed by atoms with Gasteiger partial charge in [0.15, 0.2) is 0 Å². The highest BCUT2D eigenvalue weighted by Gasteiger charge is 2.58. The van der Waals surface area contributed by atoms with Gasteiger partial charge in [-0.05, 0) is 47.3 Å². The Morgan fingerprint density at radius 3 is 1.75 bits per heavy atom. The third-order valence-corrected chi connectivity index (χ3v) is 5.43. The standard InChI is InChI=1S/C15H27Cl/c1-14(2,3)12-9-7-10(11(16)8-9)13(12)15(4,5)6/h9-13H,7-8H2,1-6H3. The zero-order chi connectivity index (χ0) is 12.3. The average molecular weight is 243 g/mol. The van der Waals surface area contributed by atoms with Crippen LogP contribution in [0.4, 0.5) is 0 Å². The molecule has 0 saturated heterocycles. The zero-order valence-electron chi connectivity index (χ0n) is 11.7. The van der Waals surface area contributed by atoms with Crippen LogP contribution in [0.5, 0.6) is 0 Å². The van der Waals surface area contributed by atoms with Gasteiger partial charge in [0.25, 0.3) is 0 Å². The van der Waals surface area contributed by atoms with Gasteiger partial charge in [-0.2, -0.15) is 0 Å². The highest BCUT2D eigenvalue weighted by molar-refractivity contribution is 6.21. The molecule has 0 heterocycles. The molecule has 0 spiro atoms. The van der Waals surface area contributed by atoms with E-state index < -0.39 is 0 Å². The average Bonchev–Trinajstić information content (AvgIpc) is 2.55. The summed E-state index contributed by atoms with van der Waals surface area (Å²) in [5.41, 5.74) is 0.847. The molecule has 2 aliphatic carbocycles. The van der Waals surface area contributed by atoms with Gasteiger partial charge in [-0.15, -0.1) is 11.6 Å². The van der Waals surface area contributed by atoms with Crippen LogP contribution in [0.1, 0.15) is 54.4 Å². The van der Waals surface area contributed by atoms with E-state index in [9.17, 15) is 0 Å². The number of halogens is 1. The Balaban J connectivity index is 2.32. The number of alkyl halides is 1. The number of hydrogen-bond donors (Lipinski definition) is 0. The molecule has 0 aromatic rings. The second kappa shape index (κ2) is 3.64. The molecular weight excluding hydrogens is 216 g/mol. The number of rotatable bonds is 0. The number of fused-ring (bicyclic) bond motifs is 2. The maximum Gasteiger partial charge on any atom is 0.0370 e. The van der Waals surface area contributed by atoms with Crippen LogP contribution in [0.2, 0.25) is 0 Å². The summed E-state index contributed by atoms with van der Waals surface area (Å²) >= 11 is 6.52. The van der Waals surface area contributed by atoms with E-state index in [4.69, 9.17) is 11.6 Å². The molecule has 2 saturated carbocycles. The lowest BCUT2D eigenvalue weighted by atomic mass is 9.59. The lowest BCUT2D eigenvalue weighted by molar-refractivity contribution is 0.0262. The predicted molar refractivity (Wildman–Crippen MR) is 71.7 cm³/mol. The molecule has 2 aliphatic rings. The van der Waals surface area contributed by atoms with Crippen LogP contribution in [0.25, 0.3) is 0 Å². The SMILES string of the molecule is CC(C)(C)C1C2CC(Cl)C(C2)C1C(C)(C)C. The summed E-state index contributed by atoms with van der Waals surface area (Å²) in [5.74, 6) is 3.34. The molecule has 0 aromatic heterocycles. The van der Waals surface area contributed by atoms with Crippen LogP contribution in [0, 0.1) is 34.5 Å². The fourth-order valence-corrected chi connectivity index (χ4v) is 5.20. The van der Waals surface area contributed by atoms with Gasteiger partial charge in [-0.25, -0.2) is 0 Å². The van der Waals surface area contributed by atoms with Crippen LogP contribution in [-0.2, 0) is 0 Å². The van der Waals surface area contributed by atoms with E-state index in [0.29, 0.717) is 16.2 Å². The Morgan fingerprint density at radius 2 is 1.31 bits per heavy atom. The lowest BCUT2D eigenvalue weighted by Crippen LogP contribution is -2.42. The molecule has 0 nitrogen and oxygen atoms in total. The van der Waals surface area contributed by atoms with Crippen molar-refractivity contribution < 1.29 is 0 Å². The number of hydrogen-bond acceptors (Lipinski definition) is 0. The van der Waals surface area contributed by atoms with Crippen LogP contribution in [0.3, 0.4) is 0 Å².